The lowest BCUT2D eigenvalue weighted by molar-refractivity contribution is 0.208. The monoisotopic (exact) mass is 373 g/mol. The number of piperazine rings is 1. The van der Waals surface area contributed by atoms with Gasteiger partial charge in [-0.25, -0.2) is 13.6 Å². The lowest BCUT2D eigenvalue weighted by atomic mass is 9.97. The third-order valence-electron chi connectivity index (χ3n) is 4.97. The fourth-order valence-electron chi connectivity index (χ4n) is 3.52. The fourth-order valence-corrected chi connectivity index (χ4v) is 3.52. The quantitative estimate of drug-likeness (QED) is 0.843. The number of anilines is 2. The molecule has 144 valence electrons. The van der Waals surface area contributed by atoms with Gasteiger partial charge in [-0.1, -0.05) is 38.1 Å². The molecule has 2 amide bonds. The van der Waals surface area contributed by atoms with Gasteiger partial charge in [0.25, 0.3) is 0 Å². The molecule has 1 N–H and O–H groups in total. The number of nitrogens with zero attached hydrogens (tertiary/aromatic N) is 2. The smallest absolute Gasteiger partial charge is 0.322 e. The first-order chi connectivity index (χ1) is 12.9. The summed E-state index contributed by atoms with van der Waals surface area (Å²) in [6.45, 7) is 8.79. The van der Waals surface area contributed by atoms with Gasteiger partial charge >= 0.3 is 6.03 Å². The number of halogens is 2. The molecule has 0 unspecified atom stereocenters. The van der Waals surface area contributed by atoms with Gasteiger partial charge in [-0.05, 0) is 36.1 Å². The number of hydrogen-bond donors (Lipinski definition) is 1. The molecular weight excluding hydrogens is 348 g/mol. The van der Waals surface area contributed by atoms with Gasteiger partial charge in [0.05, 0.1) is 0 Å². The second-order valence-electron chi connectivity index (χ2n) is 7.17. The van der Waals surface area contributed by atoms with Crippen LogP contribution in [0.3, 0.4) is 0 Å². The Labute approximate surface area is 158 Å². The van der Waals surface area contributed by atoms with E-state index in [0.29, 0.717) is 32.1 Å². The van der Waals surface area contributed by atoms with Gasteiger partial charge in [0.15, 0.2) is 0 Å². The van der Waals surface area contributed by atoms with E-state index in [4.69, 9.17) is 0 Å². The van der Waals surface area contributed by atoms with Gasteiger partial charge < -0.3 is 15.1 Å². The highest BCUT2D eigenvalue weighted by Crippen LogP contribution is 2.31. The fraction of sp³-hybridized carbons (Fsp3) is 0.381. The second-order valence-corrected chi connectivity index (χ2v) is 7.17. The number of aryl methyl sites for hydroxylation is 1. The Morgan fingerprint density at radius 1 is 1.00 bits per heavy atom. The summed E-state index contributed by atoms with van der Waals surface area (Å²) in [4.78, 5) is 16.3. The third-order valence-corrected chi connectivity index (χ3v) is 4.97. The van der Waals surface area contributed by atoms with Gasteiger partial charge in [0.2, 0.25) is 0 Å². The molecule has 1 aliphatic rings. The van der Waals surface area contributed by atoms with Crippen LogP contribution in [0.5, 0.6) is 0 Å². The summed E-state index contributed by atoms with van der Waals surface area (Å²) in [7, 11) is 0. The zero-order valence-electron chi connectivity index (χ0n) is 15.9. The second kappa shape index (κ2) is 7.94. The molecule has 1 saturated heterocycles. The Bertz CT molecular complexity index is 810. The van der Waals surface area contributed by atoms with Crippen molar-refractivity contribution in [2.45, 2.75) is 26.7 Å². The van der Waals surface area contributed by atoms with Crippen LogP contribution in [-0.4, -0.2) is 37.1 Å². The minimum Gasteiger partial charge on any atom is -0.368 e. The molecule has 0 aromatic heterocycles. The van der Waals surface area contributed by atoms with Crippen molar-refractivity contribution in [3.05, 3.63) is 59.2 Å². The summed E-state index contributed by atoms with van der Waals surface area (Å²) < 4.78 is 27.5. The zero-order valence-corrected chi connectivity index (χ0v) is 15.9. The van der Waals surface area contributed by atoms with E-state index in [9.17, 15) is 13.6 Å². The molecular formula is C21H25F2N3O. The van der Waals surface area contributed by atoms with Crippen molar-refractivity contribution in [2.24, 2.45) is 0 Å². The van der Waals surface area contributed by atoms with E-state index in [1.807, 2.05) is 0 Å². The molecule has 0 bridgehead atoms. The topological polar surface area (TPSA) is 35.6 Å². The van der Waals surface area contributed by atoms with E-state index in [1.54, 1.807) is 4.90 Å². The first-order valence-corrected chi connectivity index (χ1v) is 9.23. The highest BCUT2D eigenvalue weighted by Gasteiger charge is 2.25. The zero-order chi connectivity index (χ0) is 19.6. The number of amides is 2. The van der Waals surface area contributed by atoms with Crippen molar-refractivity contribution in [1.29, 1.82) is 0 Å². The van der Waals surface area contributed by atoms with E-state index < -0.39 is 23.4 Å². The van der Waals surface area contributed by atoms with Crippen LogP contribution >= 0.6 is 0 Å². The van der Waals surface area contributed by atoms with Crippen LogP contribution in [-0.2, 0) is 0 Å². The molecule has 0 spiro atoms. The number of hydrogen-bond acceptors (Lipinski definition) is 2. The summed E-state index contributed by atoms with van der Waals surface area (Å²) in [6.07, 6.45) is 0. The third kappa shape index (κ3) is 4.04. The molecule has 1 heterocycles. The standard InChI is InChI=1S/C21H25F2N3O/c1-14(2)16-7-4-6-15(3)20(16)25-10-12-26(13-11-25)21(27)24-19-17(22)8-5-9-18(19)23/h4-9,14H,10-13H2,1-3H3,(H,24,27). The highest BCUT2D eigenvalue weighted by atomic mass is 19.1. The maximum atomic E-state index is 13.7. The SMILES string of the molecule is Cc1cccc(C(C)C)c1N1CCN(C(=O)Nc2c(F)cccc2F)CC1. The number of rotatable bonds is 3. The molecule has 0 atom stereocenters. The number of para-hydroxylation sites is 2. The lowest BCUT2D eigenvalue weighted by Gasteiger charge is -2.38. The summed E-state index contributed by atoms with van der Waals surface area (Å²) in [6, 6.07) is 9.36. The summed E-state index contributed by atoms with van der Waals surface area (Å²) in [5.74, 6) is -1.14. The van der Waals surface area contributed by atoms with Crippen molar-refractivity contribution in [3.63, 3.8) is 0 Å². The van der Waals surface area contributed by atoms with E-state index in [0.717, 1.165) is 12.1 Å². The molecule has 1 fully saturated rings. The predicted molar refractivity (Wildman–Crippen MR) is 104 cm³/mol. The van der Waals surface area contributed by atoms with Crippen LogP contribution in [0.15, 0.2) is 36.4 Å². The minimum atomic E-state index is -0.775. The molecule has 3 rings (SSSR count). The molecule has 2 aromatic carbocycles. The first-order valence-electron chi connectivity index (χ1n) is 9.23. The highest BCUT2D eigenvalue weighted by molar-refractivity contribution is 5.89. The number of benzene rings is 2. The van der Waals surface area contributed by atoms with Crippen LogP contribution in [0.4, 0.5) is 25.0 Å². The van der Waals surface area contributed by atoms with E-state index >= 15 is 0 Å². The van der Waals surface area contributed by atoms with Crippen molar-refractivity contribution in [2.75, 3.05) is 36.4 Å². The molecule has 6 heteroatoms. The van der Waals surface area contributed by atoms with Crippen molar-refractivity contribution >= 4 is 17.4 Å². The average molecular weight is 373 g/mol. The minimum absolute atomic E-state index is 0.397. The average Bonchev–Trinajstić information content (AvgIpc) is 2.64. The Hall–Kier alpha value is -2.63. The van der Waals surface area contributed by atoms with E-state index in [-0.39, 0.29) is 0 Å². The summed E-state index contributed by atoms with van der Waals surface area (Å²) in [5.41, 5.74) is 3.34. The molecule has 0 radical (unpaired) electrons. The van der Waals surface area contributed by atoms with E-state index in [1.165, 1.54) is 22.9 Å². The maximum Gasteiger partial charge on any atom is 0.322 e. The lowest BCUT2D eigenvalue weighted by Crippen LogP contribution is -2.50. The Morgan fingerprint density at radius 2 is 1.59 bits per heavy atom. The van der Waals surface area contributed by atoms with Crippen LogP contribution in [0, 0.1) is 18.6 Å². The van der Waals surface area contributed by atoms with Crippen LogP contribution in [0.25, 0.3) is 0 Å². The van der Waals surface area contributed by atoms with Crippen molar-refractivity contribution in [3.8, 4) is 0 Å². The number of carbonyl (C=O) groups excluding carboxylic acids is 1. The van der Waals surface area contributed by atoms with Gasteiger partial charge in [-0.3, -0.25) is 0 Å². The van der Waals surface area contributed by atoms with Crippen LogP contribution < -0.4 is 10.2 Å². The molecule has 4 nitrogen and oxygen atoms in total. The van der Waals surface area contributed by atoms with Gasteiger partial charge in [0.1, 0.15) is 17.3 Å². The first kappa shape index (κ1) is 19.1. The van der Waals surface area contributed by atoms with Crippen LogP contribution in [0.2, 0.25) is 0 Å². The van der Waals surface area contributed by atoms with Gasteiger partial charge in [0, 0.05) is 31.9 Å². The molecule has 0 saturated carbocycles. The normalized spacial score (nSPS) is 14.6. The number of urea groups is 1. The predicted octanol–water partition coefficient (Wildman–Crippen LogP) is 4.75. The van der Waals surface area contributed by atoms with Crippen molar-refractivity contribution < 1.29 is 13.6 Å². The van der Waals surface area contributed by atoms with Crippen LogP contribution in [0.1, 0.15) is 30.9 Å². The number of carbonyl (C=O) groups is 1. The largest absolute Gasteiger partial charge is 0.368 e. The Balaban J connectivity index is 1.68. The van der Waals surface area contributed by atoms with E-state index in [2.05, 4.69) is 49.2 Å². The molecule has 27 heavy (non-hydrogen) atoms. The van der Waals surface area contributed by atoms with Gasteiger partial charge in [-0.15, -0.1) is 0 Å². The van der Waals surface area contributed by atoms with Crippen molar-refractivity contribution in [1.82, 2.24) is 4.90 Å². The maximum absolute atomic E-state index is 13.7. The number of nitrogens with one attached hydrogen (secondary N) is 1. The summed E-state index contributed by atoms with van der Waals surface area (Å²) >= 11 is 0. The molecule has 2 aromatic rings. The molecule has 1 aliphatic heterocycles. The summed E-state index contributed by atoms with van der Waals surface area (Å²) in [5, 5.41) is 2.36. The Morgan fingerprint density at radius 3 is 2.19 bits per heavy atom. The van der Waals surface area contributed by atoms with Gasteiger partial charge in [-0.2, -0.15) is 0 Å². The molecule has 0 aliphatic carbocycles. The Kier molecular flexibility index (Phi) is 5.63.